The molecule has 0 saturated heterocycles. The molecule has 0 aliphatic rings. The zero-order valence-corrected chi connectivity index (χ0v) is 12.3. The molecule has 0 aliphatic carbocycles. The highest BCUT2D eigenvalue weighted by Crippen LogP contribution is 2.23. The number of carbonyl (C=O) groups excluding carboxylic acids is 2. The van der Waals surface area contributed by atoms with E-state index in [0.717, 1.165) is 0 Å². The van der Waals surface area contributed by atoms with Crippen molar-refractivity contribution in [1.29, 1.82) is 0 Å². The van der Waals surface area contributed by atoms with E-state index in [1.54, 1.807) is 27.7 Å². The molecule has 1 aromatic rings. The van der Waals surface area contributed by atoms with Gasteiger partial charge in [0.1, 0.15) is 11.3 Å². The summed E-state index contributed by atoms with van der Waals surface area (Å²) in [5.41, 5.74) is 1.43. The molecule has 0 unspecified atom stereocenters. The van der Waals surface area contributed by atoms with Crippen molar-refractivity contribution in [2.45, 2.75) is 46.6 Å². The van der Waals surface area contributed by atoms with Gasteiger partial charge in [0.05, 0.1) is 12.7 Å². The second kappa shape index (κ2) is 5.47. The van der Waals surface area contributed by atoms with Crippen molar-refractivity contribution in [3.63, 3.8) is 0 Å². The number of aromatic nitrogens is 1. The number of aromatic amines is 1. The van der Waals surface area contributed by atoms with Crippen LogP contribution in [0.5, 0.6) is 0 Å². The molecule has 106 valence electrons. The quantitative estimate of drug-likeness (QED) is 0.855. The first-order valence-electron chi connectivity index (χ1n) is 6.24. The Morgan fingerprint density at radius 1 is 1.21 bits per heavy atom. The number of aryl methyl sites for hydroxylation is 1. The lowest BCUT2D eigenvalue weighted by Gasteiger charge is -2.19. The maximum absolute atomic E-state index is 12.1. The predicted octanol–water partition coefficient (Wildman–Crippen LogP) is 2.63. The van der Waals surface area contributed by atoms with E-state index in [-0.39, 0.29) is 0 Å². The van der Waals surface area contributed by atoms with Gasteiger partial charge in [-0.3, -0.25) is 0 Å². The fourth-order valence-corrected chi connectivity index (χ4v) is 1.91. The molecule has 0 saturated carbocycles. The van der Waals surface area contributed by atoms with Gasteiger partial charge in [-0.2, -0.15) is 0 Å². The third-order valence-electron chi connectivity index (χ3n) is 2.64. The summed E-state index contributed by atoms with van der Waals surface area (Å²) in [7, 11) is 1.32. The minimum atomic E-state index is -0.577. The van der Waals surface area contributed by atoms with Gasteiger partial charge in [0.15, 0.2) is 0 Å². The summed E-state index contributed by atoms with van der Waals surface area (Å²) in [5.74, 6) is -0.900. The average Bonchev–Trinajstić information content (AvgIpc) is 2.63. The van der Waals surface area contributed by atoms with E-state index >= 15 is 0 Å². The summed E-state index contributed by atoms with van der Waals surface area (Å²) in [6, 6.07) is 0. The van der Waals surface area contributed by atoms with E-state index in [0.29, 0.717) is 28.9 Å². The van der Waals surface area contributed by atoms with Gasteiger partial charge in [-0.25, -0.2) is 9.59 Å². The SMILES string of the molecule is CCc1c(C(=O)OC(C)(C)C)[nH]c(C)c1C(=O)OC. The largest absolute Gasteiger partial charge is 0.465 e. The lowest BCUT2D eigenvalue weighted by Crippen LogP contribution is -2.24. The van der Waals surface area contributed by atoms with Crippen LogP contribution in [-0.2, 0) is 15.9 Å². The van der Waals surface area contributed by atoms with Gasteiger partial charge in [0.2, 0.25) is 0 Å². The minimum absolute atomic E-state index is 0.329. The van der Waals surface area contributed by atoms with Crippen LogP contribution < -0.4 is 0 Å². The molecule has 5 heteroatoms. The van der Waals surface area contributed by atoms with E-state index in [1.165, 1.54) is 7.11 Å². The molecule has 0 amide bonds. The van der Waals surface area contributed by atoms with Crippen LogP contribution >= 0.6 is 0 Å². The molecule has 19 heavy (non-hydrogen) atoms. The average molecular weight is 267 g/mol. The van der Waals surface area contributed by atoms with Crippen molar-refractivity contribution >= 4 is 11.9 Å². The van der Waals surface area contributed by atoms with Gasteiger partial charge >= 0.3 is 11.9 Å². The van der Waals surface area contributed by atoms with Gasteiger partial charge < -0.3 is 14.5 Å². The molecule has 0 atom stereocenters. The first-order chi connectivity index (χ1) is 8.71. The minimum Gasteiger partial charge on any atom is -0.465 e. The number of H-pyrrole nitrogens is 1. The van der Waals surface area contributed by atoms with Crippen molar-refractivity contribution < 1.29 is 19.1 Å². The Bertz CT molecular complexity index is 494. The van der Waals surface area contributed by atoms with E-state index in [1.807, 2.05) is 6.92 Å². The number of hydrogen-bond acceptors (Lipinski definition) is 4. The van der Waals surface area contributed by atoms with Crippen LogP contribution in [0.4, 0.5) is 0 Å². The molecule has 1 aromatic heterocycles. The Hall–Kier alpha value is -1.78. The van der Waals surface area contributed by atoms with E-state index in [4.69, 9.17) is 9.47 Å². The van der Waals surface area contributed by atoms with Crippen molar-refractivity contribution in [3.05, 3.63) is 22.5 Å². The number of esters is 2. The van der Waals surface area contributed by atoms with Crippen molar-refractivity contribution in [1.82, 2.24) is 4.98 Å². The molecule has 0 bridgehead atoms. The summed E-state index contributed by atoms with van der Waals surface area (Å²) >= 11 is 0. The van der Waals surface area contributed by atoms with Crippen molar-refractivity contribution in [2.24, 2.45) is 0 Å². The van der Waals surface area contributed by atoms with Crippen LogP contribution in [0.3, 0.4) is 0 Å². The Labute approximate surface area is 113 Å². The third-order valence-corrected chi connectivity index (χ3v) is 2.64. The molecule has 0 aliphatic heterocycles. The smallest absolute Gasteiger partial charge is 0.355 e. The summed E-state index contributed by atoms with van der Waals surface area (Å²) in [6.07, 6.45) is 0.545. The monoisotopic (exact) mass is 267 g/mol. The van der Waals surface area contributed by atoms with Crippen LogP contribution in [-0.4, -0.2) is 29.6 Å². The summed E-state index contributed by atoms with van der Waals surface area (Å²) in [5, 5.41) is 0. The number of ether oxygens (including phenoxy) is 2. The summed E-state index contributed by atoms with van der Waals surface area (Å²) in [6.45, 7) is 9.01. The highest BCUT2D eigenvalue weighted by atomic mass is 16.6. The number of carbonyl (C=O) groups is 2. The van der Waals surface area contributed by atoms with E-state index in [2.05, 4.69) is 4.98 Å². The van der Waals surface area contributed by atoms with Crippen LogP contribution in [0.1, 0.15) is 59.8 Å². The molecular weight excluding hydrogens is 246 g/mol. The van der Waals surface area contributed by atoms with Crippen LogP contribution in [0, 0.1) is 6.92 Å². The second-order valence-corrected chi connectivity index (χ2v) is 5.33. The molecule has 1 N–H and O–H groups in total. The van der Waals surface area contributed by atoms with Gasteiger partial charge in [0, 0.05) is 5.69 Å². The topological polar surface area (TPSA) is 68.4 Å². The molecule has 0 aromatic carbocycles. The highest BCUT2D eigenvalue weighted by molar-refractivity contribution is 5.98. The highest BCUT2D eigenvalue weighted by Gasteiger charge is 2.27. The maximum Gasteiger partial charge on any atom is 0.355 e. The lowest BCUT2D eigenvalue weighted by atomic mass is 10.1. The first kappa shape index (κ1) is 15.3. The molecule has 1 rings (SSSR count). The number of hydrogen-bond donors (Lipinski definition) is 1. The number of methoxy groups -OCH3 is 1. The number of rotatable bonds is 3. The zero-order chi connectivity index (χ0) is 14.8. The molecular formula is C14H21NO4. The van der Waals surface area contributed by atoms with Crippen molar-refractivity contribution in [3.8, 4) is 0 Å². The van der Waals surface area contributed by atoms with E-state index < -0.39 is 17.5 Å². The molecule has 1 heterocycles. The van der Waals surface area contributed by atoms with Crippen LogP contribution in [0.25, 0.3) is 0 Å². The fourth-order valence-electron chi connectivity index (χ4n) is 1.91. The maximum atomic E-state index is 12.1. The normalized spacial score (nSPS) is 11.3. The van der Waals surface area contributed by atoms with Crippen LogP contribution in [0.2, 0.25) is 0 Å². The molecule has 5 nitrogen and oxygen atoms in total. The lowest BCUT2D eigenvalue weighted by molar-refractivity contribution is 0.00622. The molecule has 0 radical (unpaired) electrons. The summed E-state index contributed by atoms with van der Waals surface area (Å²) in [4.78, 5) is 26.8. The first-order valence-corrected chi connectivity index (χ1v) is 6.24. The fraction of sp³-hybridized carbons (Fsp3) is 0.571. The summed E-state index contributed by atoms with van der Waals surface area (Å²) < 4.78 is 10.1. The van der Waals surface area contributed by atoms with Gasteiger partial charge in [-0.1, -0.05) is 6.92 Å². The van der Waals surface area contributed by atoms with Gasteiger partial charge in [-0.05, 0) is 39.7 Å². The van der Waals surface area contributed by atoms with E-state index in [9.17, 15) is 9.59 Å². The Morgan fingerprint density at radius 3 is 2.21 bits per heavy atom. The Morgan fingerprint density at radius 2 is 1.79 bits per heavy atom. The molecule has 0 fully saturated rings. The third kappa shape index (κ3) is 3.36. The van der Waals surface area contributed by atoms with Crippen LogP contribution in [0.15, 0.2) is 0 Å². The number of nitrogens with one attached hydrogen (secondary N) is 1. The molecule has 0 spiro atoms. The second-order valence-electron chi connectivity index (χ2n) is 5.33. The zero-order valence-electron chi connectivity index (χ0n) is 12.3. The van der Waals surface area contributed by atoms with Gasteiger partial charge in [-0.15, -0.1) is 0 Å². The van der Waals surface area contributed by atoms with Crippen molar-refractivity contribution in [2.75, 3.05) is 7.11 Å². The standard InChI is InChI=1S/C14H21NO4/c1-7-9-10(12(16)18-6)8(2)15-11(9)13(17)19-14(3,4)5/h15H,7H2,1-6H3. The van der Waals surface area contributed by atoms with Gasteiger partial charge in [0.25, 0.3) is 0 Å². The Balaban J connectivity index is 3.23. The Kier molecular flexibility index (Phi) is 4.39. The predicted molar refractivity (Wildman–Crippen MR) is 71.4 cm³/mol.